The number of benzene rings is 2. The lowest BCUT2D eigenvalue weighted by molar-refractivity contribution is 1.17. The van der Waals surface area contributed by atoms with Gasteiger partial charge in [0.15, 0.2) is 5.82 Å². The number of H-pyrrole nitrogens is 1. The van der Waals surface area contributed by atoms with Gasteiger partial charge in [0.1, 0.15) is 5.82 Å². The Balaban J connectivity index is 1.63. The van der Waals surface area contributed by atoms with Crippen LogP contribution in [-0.2, 0) is 0 Å². The van der Waals surface area contributed by atoms with Gasteiger partial charge in [0.05, 0.1) is 5.69 Å². The van der Waals surface area contributed by atoms with E-state index in [1.54, 1.807) is 0 Å². The maximum Gasteiger partial charge on any atom is 0.230 e. The van der Waals surface area contributed by atoms with Crippen molar-refractivity contribution in [1.29, 1.82) is 0 Å². The first-order valence-corrected chi connectivity index (χ1v) is 8.87. The predicted octanol–water partition coefficient (Wildman–Crippen LogP) is 6.05. The first kappa shape index (κ1) is 15.0. The molecule has 0 saturated heterocycles. The summed E-state index contributed by atoms with van der Waals surface area (Å²) in [5.41, 5.74) is 7.90. The van der Waals surface area contributed by atoms with Gasteiger partial charge in [-0.25, -0.2) is 4.98 Å². The van der Waals surface area contributed by atoms with E-state index < -0.39 is 0 Å². The molecule has 5 nitrogen and oxygen atoms in total. The van der Waals surface area contributed by atoms with Gasteiger partial charge in [-0.05, 0) is 12.1 Å². The lowest BCUT2D eigenvalue weighted by atomic mass is 10.2. The number of rotatable bonds is 3. The van der Waals surface area contributed by atoms with E-state index >= 15 is 0 Å². The molecule has 0 bridgehead atoms. The Labute approximate surface area is 150 Å². The smallest absolute Gasteiger partial charge is 0.230 e. The molecule has 0 aliphatic heterocycles. The van der Waals surface area contributed by atoms with E-state index in [1.807, 2.05) is 53.9 Å². The van der Waals surface area contributed by atoms with Gasteiger partial charge in [-0.1, -0.05) is 52.3 Å². The maximum absolute atomic E-state index is 5.96. The van der Waals surface area contributed by atoms with Crippen LogP contribution in [0.25, 0.3) is 22.0 Å². The Morgan fingerprint density at radius 2 is 1.75 bits per heavy atom. The van der Waals surface area contributed by atoms with Gasteiger partial charge < -0.3 is 10.7 Å². The summed E-state index contributed by atoms with van der Waals surface area (Å²) in [4.78, 5) is 7.57. The highest BCUT2D eigenvalue weighted by Crippen LogP contribution is 2.33. The molecule has 0 aliphatic rings. The highest BCUT2D eigenvalue weighted by atomic mass is 79.9. The highest BCUT2D eigenvalue weighted by Gasteiger charge is 2.08. The van der Waals surface area contributed by atoms with Gasteiger partial charge in [0.25, 0.3) is 0 Å². The average molecular weight is 398 g/mol. The van der Waals surface area contributed by atoms with E-state index in [9.17, 15) is 0 Å². The first-order chi connectivity index (χ1) is 11.7. The van der Waals surface area contributed by atoms with Crippen molar-refractivity contribution in [2.75, 3.05) is 5.73 Å². The number of nitrogen functional groups attached to an aromatic ring is 1. The molecule has 0 amide bonds. The fourth-order valence-corrected chi connectivity index (χ4v) is 3.33. The molecule has 4 aromatic rings. The number of aromatic nitrogens is 2. The second kappa shape index (κ2) is 6.18. The average Bonchev–Trinajstić information content (AvgIpc) is 3.19. The third-order valence-electron chi connectivity index (χ3n) is 3.59. The summed E-state index contributed by atoms with van der Waals surface area (Å²) in [5, 5.41) is 13.0. The van der Waals surface area contributed by atoms with Crippen molar-refractivity contribution < 1.29 is 0 Å². The number of halogens is 1. The lowest BCUT2D eigenvalue weighted by Crippen LogP contribution is -1.82. The first-order valence-electron chi connectivity index (χ1n) is 7.20. The Morgan fingerprint density at radius 3 is 2.54 bits per heavy atom. The van der Waals surface area contributed by atoms with Crippen LogP contribution in [0.1, 0.15) is 0 Å². The SMILES string of the molecule is Nc1[nH]c(/N=N/c2nc(-c3ccc(Br)cc3)cs2)c2ccccc12. The minimum atomic E-state index is 0.592. The molecule has 24 heavy (non-hydrogen) atoms. The number of azo groups is 1. The van der Waals surface area contributed by atoms with Crippen molar-refractivity contribution in [3.05, 3.63) is 58.4 Å². The molecule has 2 aromatic carbocycles. The monoisotopic (exact) mass is 397 g/mol. The molecule has 2 aromatic heterocycles. The molecule has 0 atom stereocenters. The van der Waals surface area contributed by atoms with Crippen LogP contribution >= 0.6 is 27.3 Å². The van der Waals surface area contributed by atoms with Crippen molar-refractivity contribution in [2.24, 2.45) is 10.2 Å². The summed E-state index contributed by atoms with van der Waals surface area (Å²) in [6.45, 7) is 0. The molecule has 2 heterocycles. The Hall–Kier alpha value is -2.51. The van der Waals surface area contributed by atoms with Gasteiger partial charge in [0, 0.05) is 26.2 Å². The minimum Gasteiger partial charge on any atom is -0.385 e. The van der Waals surface area contributed by atoms with Gasteiger partial charge >= 0.3 is 0 Å². The number of hydrogen-bond donors (Lipinski definition) is 2. The maximum atomic E-state index is 5.96. The second-order valence-electron chi connectivity index (χ2n) is 5.16. The van der Waals surface area contributed by atoms with Crippen LogP contribution in [0.5, 0.6) is 0 Å². The molecular formula is C17H12BrN5S. The predicted molar refractivity (Wildman–Crippen MR) is 102 cm³/mol. The topological polar surface area (TPSA) is 79.4 Å². The highest BCUT2D eigenvalue weighted by molar-refractivity contribution is 9.10. The van der Waals surface area contributed by atoms with E-state index in [1.165, 1.54) is 11.3 Å². The fraction of sp³-hybridized carbons (Fsp3) is 0. The largest absolute Gasteiger partial charge is 0.385 e. The van der Waals surface area contributed by atoms with Crippen LogP contribution in [-0.4, -0.2) is 9.97 Å². The van der Waals surface area contributed by atoms with Gasteiger partial charge in [0.2, 0.25) is 5.13 Å². The number of nitrogens with one attached hydrogen (secondary N) is 1. The van der Waals surface area contributed by atoms with Crippen molar-refractivity contribution >= 4 is 54.8 Å². The number of aromatic amines is 1. The van der Waals surface area contributed by atoms with Crippen LogP contribution in [0.3, 0.4) is 0 Å². The van der Waals surface area contributed by atoms with Crippen LogP contribution < -0.4 is 5.73 Å². The van der Waals surface area contributed by atoms with Crippen LogP contribution in [0, 0.1) is 0 Å². The number of nitrogens with two attached hydrogens (primary N) is 1. The Kier molecular flexibility index (Phi) is 3.87. The van der Waals surface area contributed by atoms with E-state index in [0.29, 0.717) is 16.8 Å². The summed E-state index contributed by atoms with van der Waals surface area (Å²) < 4.78 is 1.04. The Morgan fingerprint density at radius 1 is 1.00 bits per heavy atom. The molecule has 0 spiro atoms. The summed E-state index contributed by atoms with van der Waals surface area (Å²) >= 11 is 4.88. The summed E-state index contributed by atoms with van der Waals surface area (Å²) in [6.07, 6.45) is 0. The van der Waals surface area contributed by atoms with Crippen molar-refractivity contribution in [2.45, 2.75) is 0 Å². The number of thiazole rings is 1. The number of nitrogens with zero attached hydrogens (tertiary/aromatic N) is 3. The van der Waals surface area contributed by atoms with Crippen molar-refractivity contribution in [1.82, 2.24) is 9.97 Å². The van der Waals surface area contributed by atoms with Crippen LogP contribution in [0.2, 0.25) is 0 Å². The molecule has 0 unspecified atom stereocenters. The lowest BCUT2D eigenvalue weighted by Gasteiger charge is -1.95. The number of anilines is 1. The zero-order valence-corrected chi connectivity index (χ0v) is 14.8. The zero-order valence-electron chi connectivity index (χ0n) is 12.4. The van der Waals surface area contributed by atoms with Gasteiger partial charge in [-0.2, -0.15) is 0 Å². The summed E-state index contributed by atoms with van der Waals surface area (Å²) in [5.74, 6) is 1.23. The van der Waals surface area contributed by atoms with E-state index in [4.69, 9.17) is 5.73 Å². The summed E-state index contributed by atoms with van der Waals surface area (Å²) in [6, 6.07) is 15.8. The zero-order chi connectivity index (χ0) is 16.5. The second-order valence-corrected chi connectivity index (χ2v) is 6.91. The quantitative estimate of drug-likeness (QED) is 0.412. The molecule has 0 fully saturated rings. The molecular weight excluding hydrogens is 386 g/mol. The van der Waals surface area contributed by atoms with Gasteiger partial charge in [-0.15, -0.1) is 21.6 Å². The number of hydrogen-bond acceptors (Lipinski definition) is 5. The third-order valence-corrected chi connectivity index (χ3v) is 4.85. The minimum absolute atomic E-state index is 0.592. The fourth-order valence-electron chi connectivity index (χ4n) is 2.42. The molecule has 118 valence electrons. The molecule has 0 radical (unpaired) electrons. The molecule has 7 heteroatoms. The normalized spacial score (nSPS) is 11.5. The van der Waals surface area contributed by atoms with Crippen molar-refractivity contribution in [3.63, 3.8) is 0 Å². The van der Waals surface area contributed by atoms with E-state index in [2.05, 4.69) is 36.1 Å². The van der Waals surface area contributed by atoms with E-state index in [0.717, 1.165) is 26.5 Å². The third kappa shape index (κ3) is 2.83. The standard InChI is InChI=1S/C17H12BrN5S/c18-11-7-5-10(6-8-11)14-9-24-17(20-14)23-22-16-13-4-2-1-3-12(13)15(19)21-16/h1-9,21H,19H2/b23-22+. The molecule has 3 N–H and O–H groups in total. The van der Waals surface area contributed by atoms with Crippen LogP contribution in [0.4, 0.5) is 16.8 Å². The van der Waals surface area contributed by atoms with Crippen LogP contribution in [0.15, 0.2) is 68.6 Å². The van der Waals surface area contributed by atoms with Gasteiger partial charge in [-0.3, -0.25) is 0 Å². The molecule has 0 aliphatic carbocycles. The van der Waals surface area contributed by atoms with Crippen molar-refractivity contribution in [3.8, 4) is 11.3 Å². The number of fused-ring (bicyclic) bond motifs is 1. The molecule has 0 saturated carbocycles. The Bertz CT molecular complexity index is 1030. The summed E-state index contributed by atoms with van der Waals surface area (Å²) in [7, 11) is 0. The van der Waals surface area contributed by atoms with E-state index in [-0.39, 0.29) is 0 Å². The molecule has 4 rings (SSSR count).